The third kappa shape index (κ3) is 4.96. The van der Waals surface area contributed by atoms with Crippen molar-refractivity contribution in [1.29, 1.82) is 0 Å². The van der Waals surface area contributed by atoms with E-state index in [1.807, 2.05) is 36.4 Å². The lowest BCUT2D eigenvalue weighted by Crippen LogP contribution is -2.23. The normalized spacial score (nSPS) is 13.9. The topological polar surface area (TPSA) is 115 Å². The molecule has 0 aliphatic carbocycles. The van der Waals surface area contributed by atoms with E-state index in [-0.39, 0.29) is 5.91 Å². The molecule has 0 spiro atoms. The molecule has 8 nitrogen and oxygen atoms in total. The molecule has 0 aliphatic heterocycles. The second kappa shape index (κ2) is 9.16. The Balaban J connectivity index is 1.55. The number of aromatic nitrogens is 1. The number of anilines is 2. The molecular formula is C24H23N3O5S. The molecule has 4 N–H and O–H groups in total. The Labute approximate surface area is 193 Å². The lowest BCUT2D eigenvalue weighted by atomic mass is 9.88. The molecule has 2 unspecified atom stereocenters. The molecule has 3 aromatic carbocycles. The minimum absolute atomic E-state index is 0.342. The zero-order chi connectivity index (χ0) is 23.6. The summed E-state index contributed by atoms with van der Waals surface area (Å²) in [5, 5.41) is 15.9. The van der Waals surface area contributed by atoms with Crippen molar-refractivity contribution in [2.24, 2.45) is 0 Å². The summed E-state index contributed by atoms with van der Waals surface area (Å²) in [6, 6.07) is 23.3. The van der Waals surface area contributed by atoms with Crippen LogP contribution in [0.1, 0.15) is 28.5 Å². The summed E-state index contributed by atoms with van der Waals surface area (Å²) in [6.45, 7) is 1.71. The van der Waals surface area contributed by atoms with Gasteiger partial charge in [-0.15, -0.1) is 4.28 Å². The van der Waals surface area contributed by atoms with Crippen LogP contribution < -0.4 is 10.4 Å². The highest BCUT2D eigenvalue weighted by Gasteiger charge is 2.25. The third-order valence-corrected chi connectivity index (χ3v) is 5.76. The molecule has 0 radical (unpaired) electrons. The first kappa shape index (κ1) is 22.7. The van der Waals surface area contributed by atoms with Crippen LogP contribution in [0.15, 0.2) is 78.9 Å². The standard InChI is InChI=1S/C24H23N3O5S/c1-24(29,17-7-4-3-5-8-17)18-9-6-10-19(14-18)25-23(28)22-13-16-11-12-20(15-21(16)26-22)27(2)32-33(30)31/h3-15,26,29H,1-2H3,(H,25,28)(H,30,31). The van der Waals surface area contributed by atoms with E-state index in [9.17, 15) is 14.1 Å². The van der Waals surface area contributed by atoms with Crippen LogP contribution in [0.5, 0.6) is 0 Å². The van der Waals surface area contributed by atoms with Crippen molar-refractivity contribution in [3.05, 3.63) is 95.7 Å². The Morgan fingerprint density at radius 2 is 1.76 bits per heavy atom. The molecule has 4 aromatic rings. The molecule has 0 fully saturated rings. The van der Waals surface area contributed by atoms with Crippen molar-refractivity contribution < 1.29 is 22.9 Å². The summed E-state index contributed by atoms with van der Waals surface area (Å²) in [7, 11) is 1.50. The molecule has 0 bridgehead atoms. The lowest BCUT2D eigenvalue weighted by molar-refractivity contribution is 0.101. The van der Waals surface area contributed by atoms with E-state index in [0.717, 1.165) is 10.9 Å². The van der Waals surface area contributed by atoms with Gasteiger partial charge in [-0.05, 0) is 48.4 Å². The first-order valence-electron chi connectivity index (χ1n) is 10.1. The fourth-order valence-electron chi connectivity index (χ4n) is 3.60. The number of H-pyrrole nitrogens is 1. The van der Waals surface area contributed by atoms with E-state index in [1.54, 1.807) is 49.4 Å². The second-order valence-electron chi connectivity index (χ2n) is 7.72. The van der Waals surface area contributed by atoms with Crippen molar-refractivity contribution >= 4 is 39.5 Å². The van der Waals surface area contributed by atoms with E-state index in [0.29, 0.717) is 28.1 Å². The SMILES string of the molecule is CN(OS(=O)O)c1ccc2cc(C(=O)Nc3cccc(C(C)(O)c4ccccc4)c3)[nH]c2c1. The molecule has 2 atom stereocenters. The first-order valence-corrected chi connectivity index (χ1v) is 11.1. The Morgan fingerprint density at radius 1 is 1.03 bits per heavy atom. The van der Waals surface area contributed by atoms with Crippen LogP contribution in [0.2, 0.25) is 0 Å². The number of aliphatic hydroxyl groups is 1. The molecule has 1 amide bonds. The quantitative estimate of drug-likeness (QED) is 0.240. The summed E-state index contributed by atoms with van der Waals surface area (Å²) >= 11 is -2.44. The molecule has 9 heteroatoms. The van der Waals surface area contributed by atoms with Gasteiger partial charge in [-0.2, -0.15) is 4.21 Å². The lowest BCUT2D eigenvalue weighted by Gasteiger charge is -2.25. The molecule has 0 saturated carbocycles. The largest absolute Gasteiger partial charge is 0.381 e. The van der Waals surface area contributed by atoms with Gasteiger partial charge in [0.1, 0.15) is 11.3 Å². The zero-order valence-electron chi connectivity index (χ0n) is 18.0. The van der Waals surface area contributed by atoms with E-state index in [4.69, 9.17) is 8.84 Å². The summed E-state index contributed by atoms with van der Waals surface area (Å²) in [5.74, 6) is -0.342. The Hall–Kier alpha value is -3.50. The number of carbonyl (C=O) groups excluding carboxylic acids is 1. The van der Waals surface area contributed by atoms with Crippen molar-refractivity contribution in [2.45, 2.75) is 12.5 Å². The smallest absolute Gasteiger partial charge is 0.325 e. The van der Waals surface area contributed by atoms with Crippen LogP contribution >= 0.6 is 0 Å². The Kier molecular flexibility index (Phi) is 6.30. The number of hydrogen-bond donors (Lipinski definition) is 4. The number of rotatable bonds is 7. The van der Waals surface area contributed by atoms with Crippen LogP contribution in [-0.4, -0.2) is 31.8 Å². The number of nitrogens with one attached hydrogen (secondary N) is 2. The van der Waals surface area contributed by atoms with Gasteiger partial charge < -0.3 is 15.4 Å². The van der Waals surface area contributed by atoms with E-state index >= 15 is 0 Å². The molecule has 0 saturated heterocycles. The zero-order valence-corrected chi connectivity index (χ0v) is 18.8. The first-order chi connectivity index (χ1) is 15.7. The second-order valence-corrected chi connectivity index (χ2v) is 8.30. The average Bonchev–Trinajstić information content (AvgIpc) is 3.23. The predicted octanol–water partition coefficient (Wildman–Crippen LogP) is 4.18. The van der Waals surface area contributed by atoms with E-state index in [2.05, 4.69) is 10.3 Å². The minimum Gasteiger partial charge on any atom is -0.381 e. The number of fused-ring (bicyclic) bond motifs is 1. The number of hydroxylamine groups is 1. The maximum atomic E-state index is 12.9. The van der Waals surface area contributed by atoms with Crippen molar-refractivity contribution in [2.75, 3.05) is 17.4 Å². The molecular weight excluding hydrogens is 442 g/mol. The molecule has 1 aromatic heterocycles. The number of nitrogens with zero attached hydrogens (tertiary/aromatic N) is 1. The van der Waals surface area contributed by atoms with Crippen molar-refractivity contribution in [3.8, 4) is 0 Å². The number of benzene rings is 3. The van der Waals surface area contributed by atoms with Crippen molar-refractivity contribution in [1.82, 2.24) is 4.98 Å². The number of carbonyl (C=O) groups is 1. The van der Waals surface area contributed by atoms with E-state index in [1.165, 1.54) is 12.1 Å². The fourth-order valence-corrected chi connectivity index (χ4v) is 3.88. The van der Waals surface area contributed by atoms with Gasteiger partial charge in [0, 0.05) is 23.6 Å². The summed E-state index contributed by atoms with van der Waals surface area (Å²) in [4.78, 5) is 15.9. The predicted molar refractivity (Wildman–Crippen MR) is 128 cm³/mol. The average molecular weight is 466 g/mol. The maximum Gasteiger partial charge on any atom is 0.325 e. The van der Waals surface area contributed by atoms with E-state index < -0.39 is 17.0 Å². The van der Waals surface area contributed by atoms with Crippen molar-refractivity contribution in [3.63, 3.8) is 0 Å². The van der Waals surface area contributed by atoms with Gasteiger partial charge in [0.2, 0.25) is 0 Å². The highest BCUT2D eigenvalue weighted by Crippen LogP contribution is 2.30. The number of hydrogen-bond acceptors (Lipinski definition) is 5. The van der Waals surface area contributed by atoms with Crippen LogP contribution in [0, 0.1) is 0 Å². The summed E-state index contributed by atoms with van der Waals surface area (Å²) in [6.07, 6.45) is 0. The van der Waals surface area contributed by atoms with Crippen LogP contribution in [-0.2, 0) is 21.2 Å². The van der Waals surface area contributed by atoms with Crippen LogP contribution in [0.3, 0.4) is 0 Å². The fraction of sp³-hybridized carbons (Fsp3) is 0.125. The summed E-state index contributed by atoms with van der Waals surface area (Å²) in [5.41, 5.74) is 2.28. The van der Waals surface area contributed by atoms with Gasteiger partial charge in [-0.25, -0.2) is 5.06 Å². The Bertz CT molecular complexity index is 1320. The minimum atomic E-state index is -2.44. The maximum absolute atomic E-state index is 12.9. The monoisotopic (exact) mass is 465 g/mol. The molecule has 1 heterocycles. The molecule has 4 rings (SSSR count). The van der Waals surface area contributed by atoms with Gasteiger partial charge in [-0.3, -0.25) is 9.35 Å². The molecule has 170 valence electrons. The molecule has 33 heavy (non-hydrogen) atoms. The highest BCUT2D eigenvalue weighted by molar-refractivity contribution is 7.74. The van der Waals surface area contributed by atoms with Gasteiger partial charge in [0.25, 0.3) is 5.91 Å². The van der Waals surface area contributed by atoms with Gasteiger partial charge in [0.15, 0.2) is 0 Å². The van der Waals surface area contributed by atoms with Gasteiger partial charge in [-0.1, -0.05) is 48.5 Å². The van der Waals surface area contributed by atoms with Gasteiger partial charge in [0.05, 0.1) is 5.69 Å². The molecule has 0 aliphatic rings. The summed E-state index contributed by atoms with van der Waals surface area (Å²) < 4.78 is 24.5. The van der Waals surface area contributed by atoms with Gasteiger partial charge >= 0.3 is 11.4 Å². The number of aromatic amines is 1. The van der Waals surface area contributed by atoms with Crippen LogP contribution in [0.25, 0.3) is 10.9 Å². The number of amides is 1. The third-order valence-electron chi connectivity index (χ3n) is 5.41. The highest BCUT2D eigenvalue weighted by atomic mass is 32.2. The van der Waals surface area contributed by atoms with Crippen LogP contribution in [0.4, 0.5) is 11.4 Å². The Morgan fingerprint density at radius 3 is 2.48 bits per heavy atom.